The Morgan fingerprint density at radius 3 is 2.47 bits per heavy atom. The molecular weight excluding hydrogens is 585 g/mol. The molecule has 4 aliphatic rings. The predicted octanol–water partition coefficient (Wildman–Crippen LogP) is 2.06. The van der Waals surface area contributed by atoms with Crippen LogP contribution in [0.5, 0.6) is 0 Å². The van der Waals surface area contributed by atoms with Gasteiger partial charge in [-0.15, -0.1) is 0 Å². The molecule has 0 radical (unpaired) electrons. The third kappa shape index (κ3) is 9.68. The Bertz CT molecular complexity index is 1130. The Kier molecular flexibility index (Phi) is 11.7. The Labute approximate surface area is 266 Å². The van der Waals surface area contributed by atoms with Crippen molar-refractivity contribution in [2.24, 2.45) is 33.9 Å². The Balaban J connectivity index is 1.66. The van der Waals surface area contributed by atoms with Crippen molar-refractivity contribution < 1.29 is 33.5 Å². The number of nitrogens with two attached hydrogens (primary N) is 1. The minimum absolute atomic E-state index is 0.0146. The molecule has 3 aliphatic carbocycles. The number of alkyl carbamates (subject to hydrolysis) is 1. The number of aliphatic imine (C=N–C) groups is 1. The van der Waals surface area contributed by atoms with Crippen LogP contribution >= 0.6 is 0 Å². The van der Waals surface area contributed by atoms with Gasteiger partial charge in [-0.3, -0.25) is 9.59 Å². The summed E-state index contributed by atoms with van der Waals surface area (Å²) >= 11 is 0. The number of hydrogen-bond acceptors (Lipinski definition) is 9. The maximum absolute atomic E-state index is 13.7. The fourth-order valence-corrected chi connectivity index (χ4v) is 6.85. The van der Waals surface area contributed by atoms with Gasteiger partial charge in [0.25, 0.3) is 5.96 Å². The van der Waals surface area contributed by atoms with Crippen LogP contribution in [-0.2, 0) is 23.6 Å². The largest absolute Gasteiger partial charge is 0.481 e. The number of nitrogens with one attached hydrogen (secondary N) is 4. The molecule has 1 aliphatic heterocycles. The van der Waals surface area contributed by atoms with Crippen molar-refractivity contribution in [3.05, 3.63) is 10.1 Å². The highest BCUT2D eigenvalue weighted by Gasteiger charge is 2.68. The molecule has 1 saturated heterocycles. The second-order valence-electron chi connectivity index (χ2n) is 14.7. The standard InChI is InChI=1S/C29H52BN7O8/c1-17(2)14-22(30-44-21-16-18-15-20(28(18,6)7)29(21,8)45-30)35-24(39)19(10-9-12-32-25(31)36-37(41)42)34-23(38)11-13-33-26(40)43-27(3,4)5/h17-22H,9-16H2,1-8H3,(H,33,40)(H,34,38)(H,35,39)(H3,31,32,36)/t18-,19+,20-,21-,22+,29+/m1/s1. The van der Waals surface area contributed by atoms with E-state index in [0.29, 0.717) is 24.7 Å². The first-order valence-corrected chi connectivity index (χ1v) is 15.9. The average molecular weight is 638 g/mol. The van der Waals surface area contributed by atoms with Gasteiger partial charge in [-0.25, -0.2) is 19.9 Å². The number of nitrogens with zero attached hydrogens (tertiary/aromatic N) is 2. The Morgan fingerprint density at radius 1 is 1.18 bits per heavy atom. The molecule has 15 nitrogen and oxygen atoms in total. The summed E-state index contributed by atoms with van der Waals surface area (Å²) in [6.45, 7) is 16.1. The van der Waals surface area contributed by atoms with Gasteiger partial charge >= 0.3 is 13.2 Å². The van der Waals surface area contributed by atoms with E-state index >= 15 is 0 Å². The van der Waals surface area contributed by atoms with Gasteiger partial charge in [-0.05, 0) is 83.0 Å². The first-order valence-electron chi connectivity index (χ1n) is 15.9. The lowest BCUT2D eigenvalue weighted by molar-refractivity contribution is -0.525. The second-order valence-corrected chi connectivity index (χ2v) is 14.7. The number of hydrogen-bond donors (Lipinski definition) is 5. The molecule has 4 rings (SSSR count). The van der Waals surface area contributed by atoms with E-state index in [-0.39, 0.29) is 49.3 Å². The molecule has 16 heteroatoms. The molecule has 6 N–H and O–H groups in total. The molecule has 45 heavy (non-hydrogen) atoms. The predicted molar refractivity (Wildman–Crippen MR) is 168 cm³/mol. The minimum Gasteiger partial charge on any atom is -0.444 e. The normalized spacial score (nSPS) is 26.6. The summed E-state index contributed by atoms with van der Waals surface area (Å²) in [6.07, 6.45) is 2.35. The van der Waals surface area contributed by atoms with E-state index in [0.717, 1.165) is 12.8 Å². The van der Waals surface area contributed by atoms with Crippen molar-refractivity contribution >= 4 is 31.0 Å². The third-order valence-corrected chi connectivity index (χ3v) is 9.16. The summed E-state index contributed by atoms with van der Waals surface area (Å²) in [4.78, 5) is 53.0. The van der Waals surface area contributed by atoms with Gasteiger partial charge in [0.1, 0.15) is 11.6 Å². The van der Waals surface area contributed by atoms with Crippen molar-refractivity contribution in [2.45, 2.75) is 123 Å². The van der Waals surface area contributed by atoms with E-state index < -0.39 is 53.2 Å². The first-order chi connectivity index (χ1) is 20.8. The summed E-state index contributed by atoms with van der Waals surface area (Å²) in [6, 6.07) is -0.945. The van der Waals surface area contributed by atoms with E-state index in [1.165, 1.54) is 0 Å². The van der Waals surface area contributed by atoms with Gasteiger partial charge in [0, 0.05) is 19.5 Å². The van der Waals surface area contributed by atoms with E-state index in [9.17, 15) is 24.5 Å². The van der Waals surface area contributed by atoms with Crippen LogP contribution in [0.4, 0.5) is 4.79 Å². The lowest BCUT2D eigenvalue weighted by Crippen LogP contribution is -2.65. The maximum Gasteiger partial charge on any atom is 0.481 e. The molecule has 0 spiro atoms. The molecular formula is C29H52BN7O8. The van der Waals surface area contributed by atoms with Crippen molar-refractivity contribution in [1.82, 2.24) is 21.4 Å². The quantitative estimate of drug-likeness (QED) is 0.0468. The van der Waals surface area contributed by atoms with Crippen LogP contribution in [0.15, 0.2) is 4.99 Å². The van der Waals surface area contributed by atoms with Crippen molar-refractivity contribution in [2.75, 3.05) is 13.1 Å². The van der Waals surface area contributed by atoms with Crippen LogP contribution in [0.1, 0.15) is 93.9 Å². The highest BCUT2D eigenvalue weighted by molar-refractivity contribution is 6.48. The Morgan fingerprint density at radius 2 is 1.87 bits per heavy atom. The molecule has 1 heterocycles. The summed E-state index contributed by atoms with van der Waals surface area (Å²) < 4.78 is 18.3. The number of nitro groups is 1. The second kappa shape index (κ2) is 14.5. The van der Waals surface area contributed by atoms with Gasteiger partial charge < -0.3 is 35.7 Å². The molecule has 0 aromatic rings. The third-order valence-electron chi connectivity index (χ3n) is 9.16. The van der Waals surface area contributed by atoms with Crippen molar-refractivity contribution in [3.8, 4) is 0 Å². The fourth-order valence-electron chi connectivity index (χ4n) is 6.85. The zero-order chi connectivity index (χ0) is 33.7. The van der Waals surface area contributed by atoms with E-state index in [4.69, 9.17) is 19.8 Å². The fraction of sp³-hybridized carbons (Fsp3) is 0.862. The van der Waals surface area contributed by atoms with Crippen LogP contribution in [0.3, 0.4) is 0 Å². The van der Waals surface area contributed by atoms with Crippen LogP contribution in [-0.4, -0.2) is 78.4 Å². The van der Waals surface area contributed by atoms with Crippen LogP contribution < -0.4 is 27.1 Å². The van der Waals surface area contributed by atoms with Gasteiger partial charge in [0.15, 0.2) is 5.03 Å². The molecule has 0 unspecified atom stereocenters. The van der Waals surface area contributed by atoms with E-state index in [1.54, 1.807) is 26.2 Å². The van der Waals surface area contributed by atoms with Crippen LogP contribution in [0.2, 0.25) is 0 Å². The molecule has 2 bridgehead atoms. The molecule has 254 valence electrons. The number of ether oxygens (including phenoxy) is 1. The van der Waals surface area contributed by atoms with Crippen molar-refractivity contribution in [1.29, 1.82) is 0 Å². The van der Waals surface area contributed by atoms with E-state index in [2.05, 4.69) is 55.6 Å². The molecule has 3 amide bonds. The number of guanidine groups is 1. The number of carbonyl (C=O) groups is 3. The molecule has 0 aromatic carbocycles. The van der Waals surface area contributed by atoms with Gasteiger partial charge in [0.05, 0.1) is 17.6 Å². The highest BCUT2D eigenvalue weighted by atomic mass is 16.7. The summed E-state index contributed by atoms with van der Waals surface area (Å²) in [5, 5.41) is 18.2. The Hall–Kier alpha value is -3.14. The summed E-state index contributed by atoms with van der Waals surface area (Å²) in [5.41, 5.74) is 6.33. The zero-order valence-electron chi connectivity index (χ0n) is 27.9. The smallest absolute Gasteiger partial charge is 0.444 e. The molecule has 6 atom stereocenters. The molecule has 0 aromatic heterocycles. The summed E-state index contributed by atoms with van der Waals surface area (Å²) in [7, 11) is -0.631. The first kappa shape index (κ1) is 36.3. The topological polar surface area (TPSA) is 209 Å². The minimum atomic E-state index is -0.945. The molecule has 4 fully saturated rings. The maximum atomic E-state index is 13.7. The number of amides is 3. The van der Waals surface area contributed by atoms with Gasteiger partial charge in [-0.1, -0.05) is 33.1 Å². The molecule has 3 saturated carbocycles. The zero-order valence-corrected chi connectivity index (χ0v) is 27.9. The van der Waals surface area contributed by atoms with Crippen molar-refractivity contribution in [3.63, 3.8) is 0 Å². The number of rotatable bonds is 14. The van der Waals surface area contributed by atoms with Crippen LogP contribution in [0, 0.1) is 33.3 Å². The van der Waals surface area contributed by atoms with Gasteiger partial charge in [-0.2, -0.15) is 0 Å². The monoisotopic (exact) mass is 637 g/mol. The number of hydrazine groups is 1. The van der Waals surface area contributed by atoms with E-state index in [1.807, 2.05) is 0 Å². The number of carbonyl (C=O) groups excluding carboxylic acids is 3. The average Bonchev–Trinajstić information content (AvgIpc) is 3.25. The highest BCUT2D eigenvalue weighted by Crippen LogP contribution is 2.65. The lowest BCUT2D eigenvalue weighted by Gasteiger charge is -2.64. The van der Waals surface area contributed by atoms with Gasteiger partial charge in [0.2, 0.25) is 11.8 Å². The summed E-state index contributed by atoms with van der Waals surface area (Å²) in [5.74, 6) is -0.490. The SMILES string of the molecule is CC(C)C[C@H](NC(=O)[C@H](CCCN=C(N)N[N+](=O)[O-])NC(=O)CCNC(=O)OC(C)(C)C)B1O[C@@H]2C[C@H]3C[C@H](C3(C)C)[C@]2(C)O1. The lowest BCUT2D eigenvalue weighted by atomic mass is 9.43. The van der Waals surface area contributed by atoms with Crippen LogP contribution in [0.25, 0.3) is 0 Å².